The highest BCUT2D eigenvalue weighted by atomic mass is 35.5. The zero-order valence-electron chi connectivity index (χ0n) is 17.8. The molecule has 0 spiro atoms. The van der Waals surface area contributed by atoms with Crippen molar-refractivity contribution < 1.29 is 28.6 Å². The van der Waals surface area contributed by atoms with Crippen LogP contribution in [0.4, 0.5) is 10.1 Å². The first kappa shape index (κ1) is 23.1. The maximum atomic E-state index is 13.9. The van der Waals surface area contributed by atoms with E-state index in [4.69, 9.17) is 32.7 Å². The lowest BCUT2D eigenvalue weighted by molar-refractivity contribution is -0.122. The molecule has 1 aliphatic heterocycles. The maximum absolute atomic E-state index is 13.9. The van der Waals surface area contributed by atoms with Gasteiger partial charge in [-0.1, -0.05) is 18.7 Å². The van der Waals surface area contributed by atoms with Crippen molar-refractivity contribution in [3.8, 4) is 17.2 Å². The summed E-state index contributed by atoms with van der Waals surface area (Å²) in [4.78, 5) is 24.4. The van der Waals surface area contributed by atoms with E-state index in [1.54, 1.807) is 6.08 Å². The molecule has 9 heteroatoms. The molecule has 0 unspecified atom stereocenters. The Balaban J connectivity index is 2.00. The number of aromatic hydroxyl groups is 1. The van der Waals surface area contributed by atoms with Crippen LogP contribution in [0.15, 0.2) is 60.7 Å². The van der Waals surface area contributed by atoms with Crippen molar-refractivity contribution in [1.29, 1.82) is 0 Å². The van der Waals surface area contributed by atoms with Gasteiger partial charge in [0.1, 0.15) is 23.1 Å². The molecule has 172 valence electrons. The molecule has 1 N–H and O–H groups in total. The van der Waals surface area contributed by atoms with Gasteiger partial charge in [0.15, 0.2) is 9.75 Å². The van der Waals surface area contributed by atoms with E-state index in [1.807, 2.05) is 0 Å². The molecule has 0 saturated carbocycles. The van der Waals surface area contributed by atoms with Gasteiger partial charge in [-0.3, -0.25) is 9.59 Å². The van der Waals surface area contributed by atoms with E-state index >= 15 is 0 Å². The fourth-order valence-electron chi connectivity index (χ4n) is 4.55. The van der Waals surface area contributed by atoms with Crippen LogP contribution in [0.3, 0.4) is 0 Å². The van der Waals surface area contributed by atoms with Crippen molar-refractivity contribution in [3.63, 3.8) is 0 Å². The third kappa shape index (κ3) is 3.14. The number of anilines is 1. The van der Waals surface area contributed by atoms with Crippen LogP contribution in [0.2, 0.25) is 0 Å². The van der Waals surface area contributed by atoms with Crippen LogP contribution in [0.25, 0.3) is 0 Å². The molecule has 33 heavy (non-hydrogen) atoms. The minimum Gasteiger partial charge on any atom is -0.508 e. The normalized spacial score (nSPS) is 26.6. The molecule has 1 aliphatic carbocycles. The van der Waals surface area contributed by atoms with Crippen molar-refractivity contribution in [2.24, 2.45) is 0 Å². The predicted octanol–water partition coefficient (Wildman–Crippen LogP) is 4.68. The van der Waals surface area contributed by atoms with E-state index in [9.17, 15) is 19.1 Å². The third-order valence-electron chi connectivity index (χ3n) is 6.12. The number of amides is 2. The molecule has 2 amide bonds. The van der Waals surface area contributed by atoms with Crippen molar-refractivity contribution in [2.45, 2.75) is 22.1 Å². The minimum absolute atomic E-state index is 0.0408. The molecule has 1 heterocycles. The zero-order valence-corrected chi connectivity index (χ0v) is 19.3. The van der Waals surface area contributed by atoms with Crippen molar-refractivity contribution in [3.05, 3.63) is 72.1 Å². The molecule has 6 nitrogen and oxygen atoms in total. The Bertz CT molecular complexity index is 1170. The van der Waals surface area contributed by atoms with Crippen LogP contribution in [-0.2, 0) is 9.59 Å². The summed E-state index contributed by atoms with van der Waals surface area (Å²) in [5, 5.41) is 10.1. The van der Waals surface area contributed by atoms with E-state index in [2.05, 4.69) is 6.58 Å². The summed E-state index contributed by atoms with van der Waals surface area (Å²) in [5.41, 5.74) is 1.00. The van der Waals surface area contributed by atoms with Crippen LogP contribution in [0.1, 0.15) is 17.9 Å². The Morgan fingerprint density at radius 2 is 1.70 bits per heavy atom. The number of carbonyl (C=O) groups excluding carboxylic acids is 2. The lowest BCUT2D eigenvalue weighted by Crippen LogP contribution is -2.55. The van der Waals surface area contributed by atoms with Gasteiger partial charge >= 0.3 is 0 Å². The van der Waals surface area contributed by atoms with E-state index < -0.39 is 33.3 Å². The van der Waals surface area contributed by atoms with Gasteiger partial charge in [0, 0.05) is 23.6 Å². The molecule has 2 aliphatic rings. The van der Waals surface area contributed by atoms with E-state index in [1.165, 1.54) is 44.6 Å². The summed E-state index contributed by atoms with van der Waals surface area (Å²) < 4.78 is 24.4. The Labute approximate surface area is 199 Å². The Hall–Kier alpha value is -3.03. The fraction of sp³-hybridized carbons (Fsp3) is 0.250. The number of carbonyl (C=O) groups is 2. The first-order valence-corrected chi connectivity index (χ1v) is 10.7. The topological polar surface area (TPSA) is 76.1 Å². The van der Waals surface area contributed by atoms with Crippen molar-refractivity contribution >= 4 is 40.7 Å². The lowest BCUT2D eigenvalue weighted by atomic mass is 9.68. The van der Waals surface area contributed by atoms with Crippen LogP contribution >= 0.6 is 23.2 Å². The Morgan fingerprint density at radius 3 is 2.21 bits per heavy atom. The molecular formula is C24H20Cl2FNO5. The molecule has 0 radical (unpaired) electrons. The molecule has 2 aromatic carbocycles. The highest BCUT2D eigenvalue weighted by Crippen LogP contribution is 2.62. The van der Waals surface area contributed by atoms with Gasteiger partial charge in [-0.05, 0) is 36.3 Å². The number of phenolic OH excluding ortho intramolecular Hbond substituents is 1. The van der Waals surface area contributed by atoms with Crippen LogP contribution in [-0.4, -0.2) is 40.9 Å². The van der Waals surface area contributed by atoms with Gasteiger partial charge in [-0.2, -0.15) is 0 Å². The summed E-state index contributed by atoms with van der Waals surface area (Å²) >= 11 is 14.0. The average Bonchev–Trinajstić information content (AvgIpc) is 2.96. The molecule has 4 rings (SSSR count). The zero-order chi connectivity index (χ0) is 24.1. The molecule has 2 aromatic rings. The van der Waals surface area contributed by atoms with Crippen LogP contribution in [0.5, 0.6) is 17.2 Å². The summed E-state index contributed by atoms with van der Waals surface area (Å²) in [6, 6.07) is 7.58. The van der Waals surface area contributed by atoms with Crippen LogP contribution < -0.4 is 14.4 Å². The second kappa shape index (κ2) is 8.08. The number of nitrogens with zero attached hydrogens (tertiary/aromatic N) is 1. The fourth-order valence-corrected chi connectivity index (χ4v) is 5.38. The average molecular weight is 492 g/mol. The highest BCUT2D eigenvalue weighted by Gasteiger charge is 2.73. The highest BCUT2D eigenvalue weighted by molar-refractivity contribution is 6.58. The maximum Gasteiger partial charge on any atom is 0.258 e. The number of hydrogen-bond donors (Lipinski definition) is 1. The van der Waals surface area contributed by atoms with Gasteiger partial charge in [0.2, 0.25) is 0 Å². The number of allylic oxidation sites excluding steroid dienone is 3. The number of hydrogen-bond acceptors (Lipinski definition) is 5. The van der Waals surface area contributed by atoms with Gasteiger partial charge in [0.25, 0.3) is 11.8 Å². The number of ether oxygens (including phenoxy) is 2. The number of rotatable bonds is 5. The summed E-state index contributed by atoms with van der Waals surface area (Å²) in [6.07, 6.45) is 3.17. The monoisotopic (exact) mass is 491 g/mol. The lowest BCUT2D eigenvalue weighted by Gasteiger charge is -2.42. The summed E-state index contributed by atoms with van der Waals surface area (Å²) in [7, 11) is 2.78. The largest absolute Gasteiger partial charge is 0.508 e. The minimum atomic E-state index is -2.00. The number of phenols is 1. The first-order valence-electron chi connectivity index (χ1n) is 9.93. The first-order chi connectivity index (χ1) is 15.6. The van der Waals surface area contributed by atoms with Gasteiger partial charge in [-0.15, -0.1) is 23.2 Å². The second-order valence-electron chi connectivity index (χ2n) is 7.74. The quantitative estimate of drug-likeness (QED) is 0.485. The molecule has 3 atom stereocenters. The molecular weight excluding hydrogens is 472 g/mol. The third-order valence-corrected chi connectivity index (χ3v) is 7.53. The molecule has 0 bridgehead atoms. The predicted molar refractivity (Wildman–Crippen MR) is 123 cm³/mol. The number of imide groups is 1. The summed E-state index contributed by atoms with van der Waals surface area (Å²) in [5.74, 6) is -2.80. The van der Waals surface area contributed by atoms with Gasteiger partial charge < -0.3 is 14.6 Å². The SMILES string of the molecule is C=CC1=CC[C@@]2(Cl)C(=O)N(c3ccc(F)cc3)C(=O)[C@@]2(Cl)[C@H]1c1c(OC)cc(O)cc1OC. The molecule has 0 aromatic heterocycles. The van der Waals surface area contributed by atoms with Crippen molar-refractivity contribution in [2.75, 3.05) is 19.1 Å². The molecule has 1 fully saturated rings. The Kier molecular flexibility index (Phi) is 5.66. The Morgan fingerprint density at radius 1 is 1.12 bits per heavy atom. The van der Waals surface area contributed by atoms with Crippen LogP contribution in [0, 0.1) is 5.82 Å². The number of halogens is 3. The smallest absolute Gasteiger partial charge is 0.258 e. The second-order valence-corrected chi connectivity index (χ2v) is 8.99. The van der Waals surface area contributed by atoms with Gasteiger partial charge in [-0.25, -0.2) is 9.29 Å². The van der Waals surface area contributed by atoms with Gasteiger partial charge in [0.05, 0.1) is 19.9 Å². The standard InChI is InChI=1S/C24H20Cl2FNO5/c1-4-13-9-10-23(25)21(30)28(15-7-5-14(27)6-8-15)22(31)24(23,26)20(13)19-17(32-2)11-16(29)12-18(19)33-3/h4-9,11-12,20,29H,1,10H2,2-3H3/t20-,23-,24+/m1/s1. The van der Waals surface area contributed by atoms with Crippen molar-refractivity contribution in [1.82, 2.24) is 0 Å². The number of methoxy groups -OCH3 is 2. The number of alkyl halides is 2. The number of fused-ring (bicyclic) bond motifs is 1. The molecule has 1 saturated heterocycles. The van der Waals surface area contributed by atoms with E-state index in [-0.39, 0.29) is 29.4 Å². The van der Waals surface area contributed by atoms with E-state index in [0.717, 1.165) is 17.0 Å². The number of benzene rings is 2. The van der Waals surface area contributed by atoms with E-state index in [0.29, 0.717) is 11.1 Å². The summed E-state index contributed by atoms with van der Waals surface area (Å²) in [6.45, 7) is 3.84.